The number of fused-ring (bicyclic) bond motifs is 1. The first-order valence-corrected chi connectivity index (χ1v) is 7.29. The fraction of sp³-hybridized carbons (Fsp3) is 0.0625. The molecule has 1 aromatic carbocycles. The number of rotatable bonds is 2. The van der Waals surface area contributed by atoms with Gasteiger partial charge >= 0.3 is 6.18 Å². The van der Waals surface area contributed by atoms with Gasteiger partial charge in [-0.1, -0.05) is 0 Å². The summed E-state index contributed by atoms with van der Waals surface area (Å²) in [6.07, 6.45) is 0.399. The van der Waals surface area contributed by atoms with Crippen molar-refractivity contribution in [2.45, 2.75) is 6.18 Å². The van der Waals surface area contributed by atoms with Crippen LogP contribution in [0.15, 0.2) is 42.7 Å². The molecule has 0 saturated carbocycles. The fourth-order valence-corrected chi connectivity index (χ4v) is 2.90. The van der Waals surface area contributed by atoms with Crippen LogP contribution in [0, 0.1) is 11.3 Å². The number of hydrogen-bond donors (Lipinski definition) is 0. The molecular formula is C16H8F3N3S. The first-order valence-electron chi connectivity index (χ1n) is 6.47. The molecule has 0 spiro atoms. The average molecular weight is 331 g/mol. The standard InChI is InChI=1S/C16H8F3N3S/c17-16(18,19)12-1-2-14-13(8-12)22-15(23-14)11(9-20)7-10-3-5-21-6-4-10/h1-8H. The highest BCUT2D eigenvalue weighted by atomic mass is 32.1. The molecule has 114 valence electrons. The third kappa shape index (κ3) is 3.22. The number of alkyl halides is 3. The van der Waals surface area contributed by atoms with E-state index in [-0.39, 0.29) is 5.52 Å². The summed E-state index contributed by atoms with van der Waals surface area (Å²) in [5.41, 5.74) is 0.548. The summed E-state index contributed by atoms with van der Waals surface area (Å²) < 4.78 is 38.8. The summed E-state index contributed by atoms with van der Waals surface area (Å²) in [5, 5.41) is 9.69. The first-order chi connectivity index (χ1) is 11.0. The van der Waals surface area contributed by atoms with Gasteiger partial charge in [-0.05, 0) is 42.0 Å². The van der Waals surface area contributed by atoms with E-state index in [1.165, 1.54) is 17.4 Å². The Hall–Kier alpha value is -2.72. The molecule has 23 heavy (non-hydrogen) atoms. The van der Waals surface area contributed by atoms with Crippen LogP contribution in [0.4, 0.5) is 13.2 Å². The Morgan fingerprint density at radius 2 is 1.91 bits per heavy atom. The summed E-state index contributed by atoms with van der Waals surface area (Å²) in [6.45, 7) is 0. The number of nitrogens with zero attached hydrogens (tertiary/aromatic N) is 3. The van der Waals surface area contributed by atoms with Crippen molar-refractivity contribution in [3.63, 3.8) is 0 Å². The highest BCUT2D eigenvalue weighted by Crippen LogP contribution is 2.34. The molecule has 3 nitrogen and oxygen atoms in total. The van der Waals surface area contributed by atoms with Crippen molar-refractivity contribution in [3.05, 3.63) is 58.9 Å². The minimum Gasteiger partial charge on any atom is -0.265 e. The summed E-state index contributed by atoms with van der Waals surface area (Å²) in [6, 6.07) is 8.89. The monoisotopic (exact) mass is 331 g/mol. The van der Waals surface area contributed by atoms with Gasteiger partial charge in [-0.3, -0.25) is 4.98 Å². The predicted molar refractivity (Wildman–Crippen MR) is 82.3 cm³/mol. The molecule has 0 aliphatic carbocycles. The molecule has 7 heteroatoms. The van der Waals surface area contributed by atoms with Crippen LogP contribution in [0.1, 0.15) is 16.1 Å². The molecule has 0 bridgehead atoms. The molecule has 0 saturated heterocycles. The van der Waals surface area contributed by atoms with E-state index in [2.05, 4.69) is 9.97 Å². The number of allylic oxidation sites excluding steroid dienone is 1. The number of nitriles is 1. The number of aromatic nitrogens is 2. The smallest absolute Gasteiger partial charge is 0.265 e. The lowest BCUT2D eigenvalue weighted by molar-refractivity contribution is -0.137. The molecule has 0 amide bonds. The molecule has 0 aliphatic heterocycles. The minimum atomic E-state index is -4.41. The summed E-state index contributed by atoms with van der Waals surface area (Å²) in [4.78, 5) is 8.05. The lowest BCUT2D eigenvalue weighted by Gasteiger charge is -2.04. The minimum absolute atomic E-state index is 0.232. The Labute approximate surface area is 133 Å². The van der Waals surface area contributed by atoms with Crippen molar-refractivity contribution in [2.75, 3.05) is 0 Å². The molecule has 0 atom stereocenters. The quantitative estimate of drug-likeness (QED) is 0.635. The zero-order chi connectivity index (χ0) is 16.4. The molecule has 3 aromatic rings. The van der Waals surface area contributed by atoms with Crippen molar-refractivity contribution in [1.82, 2.24) is 9.97 Å². The van der Waals surface area contributed by atoms with Crippen molar-refractivity contribution in [2.24, 2.45) is 0 Å². The van der Waals surface area contributed by atoms with E-state index in [0.717, 1.165) is 17.7 Å². The number of hydrogen-bond acceptors (Lipinski definition) is 4. The van der Waals surface area contributed by atoms with Crippen LogP contribution in [0.5, 0.6) is 0 Å². The molecule has 0 aliphatic rings. The van der Waals surface area contributed by atoms with Gasteiger partial charge in [0, 0.05) is 12.4 Å². The number of benzene rings is 1. The van der Waals surface area contributed by atoms with Gasteiger partial charge in [0.05, 0.1) is 21.4 Å². The largest absolute Gasteiger partial charge is 0.416 e. The molecule has 0 radical (unpaired) electrons. The maximum atomic E-state index is 12.7. The van der Waals surface area contributed by atoms with Crippen LogP contribution in [0.2, 0.25) is 0 Å². The van der Waals surface area contributed by atoms with E-state index in [9.17, 15) is 18.4 Å². The number of halogens is 3. The molecule has 2 aromatic heterocycles. The number of thiazole rings is 1. The Kier molecular flexibility index (Phi) is 3.84. The van der Waals surface area contributed by atoms with Crippen molar-refractivity contribution >= 4 is 33.2 Å². The van der Waals surface area contributed by atoms with E-state index >= 15 is 0 Å². The van der Waals surface area contributed by atoms with Crippen molar-refractivity contribution in [1.29, 1.82) is 5.26 Å². The van der Waals surface area contributed by atoms with Crippen LogP contribution >= 0.6 is 11.3 Å². The Morgan fingerprint density at radius 3 is 2.57 bits per heavy atom. The van der Waals surface area contributed by atoms with Crippen molar-refractivity contribution < 1.29 is 13.2 Å². The third-order valence-electron chi connectivity index (χ3n) is 3.08. The highest BCUT2D eigenvalue weighted by Gasteiger charge is 2.30. The number of pyridine rings is 1. The predicted octanol–water partition coefficient (Wildman–Crippen LogP) is 4.77. The summed E-state index contributed by atoms with van der Waals surface area (Å²) >= 11 is 1.18. The van der Waals surface area contributed by atoms with E-state index in [1.807, 2.05) is 6.07 Å². The Bertz CT molecular complexity index is 921. The van der Waals surface area contributed by atoms with Gasteiger partial charge in [0.2, 0.25) is 0 Å². The van der Waals surface area contributed by atoms with Gasteiger partial charge in [0.25, 0.3) is 0 Å². The highest BCUT2D eigenvalue weighted by molar-refractivity contribution is 7.19. The van der Waals surface area contributed by atoms with Gasteiger partial charge in [0.1, 0.15) is 11.1 Å². The maximum Gasteiger partial charge on any atom is 0.416 e. The maximum absolute atomic E-state index is 12.7. The topological polar surface area (TPSA) is 49.6 Å². The lowest BCUT2D eigenvalue weighted by atomic mass is 10.2. The summed E-state index contributed by atoms with van der Waals surface area (Å²) in [7, 11) is 0. The van der Waals surface area contributed by atoms with E-state index in [4.69, 9.17) is 0 Å². The van der Waals surface area contributed by atoms with Crippen LogP contribution in [0.3, 0.4) is 0 Å². The Balaban J connectivity index is 2.06. The third-order valence-corrected chi connectivity index (χ3v) is 4.15. The molecule has 0 unspecified atom stereocenters. The van der Waals surface area contributed by atoms with Gasteiger partial charge < -0.3 is 0 Å². The molecule has 3 rings (SSSR count). The second-order valence-electron chi connectivity index (χ2n) is 4.65. The van der Waals surface area contributed by atoms with E-state index < -0.39 is 11.7 Å². The van der Waals surface area contributed by atoms with Crippen molar-refractivity contribution in [3.8, 4) is 6.07 Å². The second kappa shape index (κ2) is 5.82. The fourth-order valence-electron chi connectivity index (χ4n) is 1.99. The van der Waals surface area contributed by atoms with Gasteiger partial charge in [0.15, 0.2) is 0 Å². The normalized spacial score (nSPS) is 12.3. The molecule has 0 N–H and O–H groups in total. The van der Waals surface area contributed by atoms with Crippen LogP contribution in [0.25, 0.3) is 21.9 Å². The van der Waals surface area contributed by atoms with Gasteiger partial charge in [-0.2, -0.15) is 18.4 Å². The summed E-state index contributed by atoms with van der Waals surface area (Å²) in [5.74, 6) is 0. The second-order valence-corrected chi connectivity index (χ2v) is 5.68. The van der Waals surface area contributed by atoms with Crippen LogP contribution in [-0.2, 0) is 6.18 Å². The van der Waals surface area contributed by atoms with Crippen LogP contribution < -0.4 is 0 Å². The zero-order valence-corrected chi connectivity index (χ0v) is 12.3. The molecular weight excluding hydrogens is 323 g/mol. The van der Waals surface area contributed by atoms with E-state index in [0.29, 0.717) is 15.3 Å². The lowest BCUT2D eigenvalue weighted by Crippen LogP contribution is -2.03. The average Bonchev–Trinajstić information content (AvgIpc) is 2.95. The van der Waals surface area contributed by atoms with Gasteiger partial charge in [-0.15, -0.1) is 11.3 Å². The SMILES string of the molecule is N#CC(=Cc1ccncc1)c1nc2cc(C(F)(F)F)ccc2s1. The van der Waals surface area contributed by atoms with Crippen LogP contribution in [-0.4, -0.2) is 9.97 Å². The molecule has 0 fully saturated rings. The zero-order valence-electron chi connectivity index (χ0n) is 11.5. The Morgan fingerprint density at radius 1 is 1.17 bits per heavy atom. The first kappa shape index (κ1) is 15.2. The molecule has 2 heterocycles. The van der Waals surface area contributed by atoms with Gasteiger partial charge in [-0.25, -0.2) is 4.98 Å². The van der Waals surface area contributed by atoms with E-state index in [1.54, 1.807) is 30.6 Å².